The summed E-state index contributed by atoms with van der Waals surface area (Å²) < 4.78 is 38.4. The Bertz CT molecular complexity index is 965. The lowest BCUT2D eigenvalue weighted by Gasteiger charge is -2.45. The molecule has 0 spiro atoms. The number of alkyl halides is 3. The molecule has 0 heterocycles. The fourth-order valence-electron chi connectivity index (χ4n) is 4.41. The standard InChI is InChI=1S/C24H30BF3N2O4/c26-24(27,28)19-8-6-17(7-9-19)18-5-3-4-16(12-18)15-30-21-13-20(14-21)23(29,22(31)32)10-1-2-11-25(33)34/h3-9,12,20-21,30,33-34H,1-2,10-11,13-15,29H2,(H,31,32)/t20?,21?,23-/m0/s1. The van der Waals surface area contributed by atoms with Crippen molar-refractivity contribution < 1.29 is 33.1 Å². The number of unbranched alkanes of at least 4 members (excludes halogenated alkanes) is 1. The topological polar surface area (TPSA) is 116 Å². The molecule has 3 rings (SSSR count). The van der Waals surface area contributed by atoms with Crippen molar-refractivity contribution in [1.82, 2.24) is 5.32 Å². The van der Waals surface area contributed by atoms with Gasteiger partial charge in [-0.05, 0) is 66.4 Å². The van der Waals surface area contributed by atoms with Crippen LogP contribution in [0.4, 0.5) is 13.2 Å². The minimum absolute atomic E-state index is 0.126. The molecular weight excluding hydrogens is 448 g/mol. The van der Waals surface area contributed by atoms with E-state index in [1.165, 1.54) is 12.1 Å². The molecule has 0 aromatic heterocycles. The van der Waals surface area contributed by atoms with Gasteiger partial charge < -0.3 is 26.2 Å². The zero-order valence-electron chi connectivity index (χ0n) is 18.8. The van der Waals surface area contributed by atoms with Gasteiger partial charge in [-0.15, -0.1) is 0 Å². The van der Waals surface area contributed by atoms with E-state index in [1.54, 1.807) is 0 Å². The molecule has 0 radical (unpaired) electrons. The summed E-state index contributed by atoms with van der Waals surface area (Å²) in [4.78, 5) is 11.8. The quantitative estimate of drug-likeness (QED) is 0.249. The smallest absolute Gasteiger partial charge is 0.451 e. The predicted molar refractivity (Wildman–Crippen MR) is 124 cm³/mol. The maximum absolute atomic E-state index is 12.8. The molecule has 1 aliphatic rings. The van der Waals surface area contributed by atoms with E-state index in [0.717, 1.165) is 23.3 Å². The average molecular weight is 478 g/mol. The first-order chi connectivity index (χ1) is 16.0. The zero-order valence-corrected chi connectivity index (χ0v) is 18.8. The van der Waals surface area contributed by atoms with E-state index in [0.29, 0.717) is 37.8 Å². The summed E-state index contributed by atoms with van der Waals surface area (Å²) in [7, 11) is -1.40. The van der Waals surface area contributed by atoms with Crippen molar-refractivity contribution in [1.29, 1.82) is 0 Å². The molecule has 1 atom stereocenters. The van der Waals surface area contributed by atoms with E-state index in [4.69, 9.17) is 15.8 Å². The number of carbonyl (C=O) groups is 1. The van der Waals surface area contributed by atoms with Crippen LogP contribution in [-0.4, -0.2) is 39.8 Å². The number of nitrogens with one attached hydrogen (secondary N) is 1. The molecule has 0 amide bonds. The summed E-state index contributed by atoms with van der Waals surface area (Å²) in [6, 6.07) is 12.7. The van der Waals surface area contributed by atoms with Crippen LogP contribution in [0.3, 0.4) is 0 Å². The molecule has 184 valence electrons. The molecular formula is C24H30BF3N2O4. The molecule has 1 fully saturated rings. The summed E-state index contributed by atoms with van der Waals surface area (Å²) in [5.74, 6) is -1.20. The zero-order chi connectivity index (χ0) is 24.9. The third-order valence-corrected chi connectivity index (χ3v) is 6.63. The van der Waals surface area contributed by atoms with Crippen LogP contribution >= 0.6 is 0 Å². The number of aliphatic carboxylic acids is 1. The number of hydrogen-bond donors (Lipinski definition) is 5. The Hall–Kier alpha value is -2.40. The second-order valence-electron chi connectivity index (χ2n) is 9.09. The lowest BCUT2D eigenvalue weighted by molar-refractivity contribution is -0.148. The van der Waals surface area contributed by atoms with E-state index in [-0.39, 0.29) is 24.7 Å². The highest BCUT2D eigenvalue weighted by atomic mass is 19.4. The van der Waals surface area contributed by atoms with Gasteiger partial charge in [0.25, 0.3) is 0 Å². The third-order valence-electron chi connectivity index (χ3n) is 6.63. The molecule has 2 aromatic carbocycles. The van der Waals surface area contributed by atoms with Gasteiger partial charge in [-0.2, -0.15) is 13.2 Å². The lowest BCUT2D eigenvalue weighted by atomic mass is 9.66. The van der Waals surface area contributed by atoms with Crippen LogP contribution in [0.5, 0.6) is 0 Å². The first kappa shape index (κ1) is 26.2. The third kappa shape index (κ3) is 6.60. The number of benzene rings is 2. The Balaban J connectivity index is 1.52. The van der Waals surface area contributed by atoms with Crippen molar-refractivity contribution in [3.05, 3.63) is 59.7 Å². The predicted octanol–water partition coefficient (Wildman–Crippen LogP) is 3.67. The van der Waals surface area contributed by atoms with Crippen LogP contribution < -0.4 is 11.1 Å². The van der Waals surface area contributed by atoms with Gasteiger partial charge in [0.15, 0.2) is 0 Å². The Morgan fingerprint density at radius 3 is 2.32 bits per heavy atom. The van der Waals surface area contributed by atoms with E-state index in [2.05, 4.69) is 5.32 Å². The molecule has 0 unspecified atom stereocenters. The molecule has 10 heteroatoms. The number of carboxylic acid groups (broad SMARTS) is 1. The highest BCUT2D eigenvalue weighted by Gasteiger charge is 2.48. The molecule has 6 nitrogen and oxygen atoms in total. The monoisotopic (exact) mass is 478 g/mol. The van der Waals surface area contributed by atoms with E-state index in [9.17, 15) is 23.1 Å². The second-order valence-corrected chi connectivity index (χ2v) is 9.09. The second kappa shape index (κ2) is 10.9. The summed E-state index contributed by atoms with van der Waals surface area (Å²) in [6.45, 7) is 0.547. The number of rotatable bonds is 11. The van der Waals surface area contributed by atoms with Gasteiger partial charge in [-0.25, -0.2) is 0 Å². The van der Waals surface area contributed by atoms with E-state index < -0.39 is 30.4 Å². The van der Waals surface area contributed by atoms with E-state index >= 15 is 0 Å². The Morgan fingerprint density at radius 2 is 1.74 bits per heavy atom. The van der Waals surface area contributed by atoms with Crippen LogP contribution in [0.2, 0.25) is 6.32 Å². The van der Waals surface area contributed by atoms with E-state index in [1.807, 2.05) is 24.3 Å². The molecule has 2 aromatic rings. The van der Waals surface area contributed by atoms with Gasteiger partial charge >= 0.3 is 19.3 Å². The summed E-state index contributed by atoms with van der Waals surface area (Å²) in [5, 5.41) is 30.9. The highest BCUT2D eigenvalue weighted by Crippen LogP contribution is 2.38. The Kier molecular flexibility index (Phi) is 8.40. The molecule has 34 heavy (non-hydrogen) atoms. The van der Waals surface area contributed by atoms with Crippen molar-refractivity contribution in [2.75, 3.05) is 0 Å². The molecule has 0 bridgehead atoms. The maximum atomic E-state index is 12.8. The van der Waals surface area contributed by atoms with Crippen LogP contribution in [0.1, 0.15) is 43.2 Å². The number of carboxylic acids is 1. The van der Waals surface area contributed by atoms with Gasteiger partial charge in [0.2, 0.25) is 0 Å². The van der Waals surface area contributed by atoms with Crippen molar-refractivity contribution in [3.8, 4) is 11.1 Å². The minimum Gasteiger partial charge on any atom is -0.480 e. The maximum Gasteiger partial charge on any atom is 0.451 e. The largest absolute Gasteiger partial charge is 0.480 e. The fourth-order valence-corrected chi connectivity index (χ4v) is 4.41. The molecule has 0 aliphatic heterocycles. The van der Waals surface area contributed by atoms with Crippen molar-refractivity contribution >= 4 is 13.1 Å². The van der Waals surface area contributed by atoms with Gasteiger partial charge in [0, 0.05) is 12.6 Å². The SMILES string of the molecule is N[C@](CCCCB(O)O)(C(=O)O)C1CC(NCc2cccc(-c3ccc(C(F)(F)F)cc3)c2)C1. The number of halogens is 3. The summed E-state index contributed by atoms with van der Waals surface area (Å²) in [6.07, 6.45) is -1.64. The first-order valence-corrected chi connectivity index (χ1v) is 11.4. The summed E-state index contributed by atoms with van der Waals surface area (Å²) in [5.41, 5.74) is 6.70. The van der Waals surface area contributed by atoms with Crippen LogP contribution in [0.25, 0.3) is 11.1 Å². The molecule has 6 N–H and O–H groups in total. The first-order valence-electron chi connectivity index (χ1n) is 11.4. The Labute approximate surface area is 197 Å². The van der Waals surface area contributed by atoms with Crippen molar-refractivity contribution in [3.63, 3.8) is 0 Å². The van der Waals surface area contributed by atoms with Gasteiger partial charge in [0.05, 0.1) is 5.56 Å². The number of hydrogen-bond acceptors (Lipinski definition) is 5. The van der Waals surface area contributed by atoms with Gasteiger partial charge in [-0.1, -0.05) is 43.2 Å². The average Bonchev–Trinajstić information content (AvgIpc) is 2.75. The normalized spacial score (nSPS) is 19.8. The molecule has 1 aliphatic carbocycles. The van der Waals surface area contributed by atoms with Crippen molar-refractivity contribution in [2.45, 2.75) is 62.7 Å². The van der Waals surface area contributed by atoms with Gasteiger partial charge in [0.1, 0.15) is 5.54 Å². The minimum atomic E-state index is -4.37. The van der Waals surface area contributed by atoms with Gasteiger partial charge in [-0.3, -0.25) is 4.79 Å². The lowest BCUT2D eigenvalue weighted by Crippen LogP contribution is -2.61. The van der Waals surface area contributed by atoms with Crippen LogP contribution in [0.15, 0.2) is 48.5 Å². The van der Waals surface area contributed by atoms with Crippen LogP contribution in [-0.2, 0) is 17.5 Å². The molecule has 1 saturated carbocycles. The highest BCUT2D eigenvalue weighted by molar-refractivity contribution is 6.40. The number of nitrogens with two attached hydrogens (primary N) is 1. The molecule has 0 saturated heterocycles. The Morgan fingerprint density at radius 1 is 1.06 bits per heavy atom. The van der Waals surface area contributed by atoms with Crippen LogP contribution in [0, 0.1) is 5.92 Å². The summed E-state index contributed by atoms with van der Waals surface area (Å²) >= 11 is 0. The fraction of sp³-hybridized carbons (Fsp3) is 0.458. The van der Waals surface area contributed by atoms with Crippen molar-refractivity contribution in [2.24, 2.45) is 11.7 Å².